The van der Waals surface area contributed by atoms with Crippen LogP contribution in [0.4, 0.5) is 0 Å². The Bertz CT molecular complexity index is 427. The van der Waals surface area contributed by atoms with E-state index in [9.17, 15) is 4.79 Å². The molecule has 0 radical (unpaired) electrons. The first-order valence-electron chi connectivity index (χ1n) is 4.69. The standard InChI is InChI=1S/C11H9ClO2/c12-6-1-2-7-5(3-6)4-8-9(7)10(8)11(13)14/h1-3,8-10H,4H2,(H,13,14)/t8-,9+,10-/m1/s1. The van der Waals surface area contributed by atoms with Crippen LogP contribution in [0.15, 0.2) is 18.2 Å². The van der Waals surface area contributed by atoms with Crippen molar-refractivity contribution in [1.29, 1.82) is 0 Å². The molecule has 3 heteroatoms. The lowest BCUT2D eigenvalue weighted by Crippen LogP contribution is -2.04. The molecular weight excluding hydrogens is 200 g/mol. The minimum Gasteiger partial charge on any atom is -0.481 e. The van der Waals surface area contributed by atoms with Crippen LogP contribution in [0.1, 0.15) is 17.0 Å². The van der Waals surface area contributed by atoms with Gasteiger partial charge < -0.3 is 5.11 Å². The van der Waals surface area contributed by atoms with Crippen molar-refractivity contribution >= 4 is 17.6 Å². The van der Waals surface area contributed by atoms with Gasteiger partial charge in [0.15, 0.2) is 0 Å². The topological polar surface area (TPSA) is 37.3 Å². The van der Waals surface area contributed by atoms with E-state index in [2.05, 4.69) is 0 Å². The van der Waals surface area contributed by atoms with Crippen molar-refractivity contribution in [2.45, 2.75) is 12.3 Å². The van der Waals surface area contributed by atoms with Gasteiger partial charge in [-0.05, 0) is 35.6 Å². The normalized spacial score (nSPS) is 32.2. The first-order chi connectivity index (χ1) is 6.68. The molecule has 0 aliphatic heterocycles. The van der Waals surface area contributed by atoms with Gasteiger partial charge in [0.2, 0.25) is 0 Å². The van der Waals surface area contributed by atoms with Crippen molar-refractivity contribution in [3.8, 4) is 0 Å². The van der Waals surface area contributed by atoms with E-state index in [-0.39, 0.29) is 11.8 Å². The van der Waals surface area contributed by atoms with E-state index in [1.165, 1.54) is 11.1 Å². The number of halogens is 1. The zero-order valence-corrected chi connectivity index (χ0v) is 8.16. The summed E-state index contributed by atoms with van der Waals surface area (Å²) >= 11 is 5.87. The number of benzene rings is 1. The van der Waals surface area contributed by atoms with Crippen molar-refractivity contribution < 1.29 is 9.90 Å². The van der Waals surface area contributed by atoms with Gasteiger partial charge in [-0.2, -0.15) is 0 Å². The predicted molar refractivity (Wildman–Crippen MR) is 52.5 cm³/mol. The summed E-state index contributed by atoms with van der Waals surface area (Å²) < 4.78 is 0. The maximum Gasteiger partial charge on any atom is 0.307 e. The van der Waals surface area contributed by atoms with E-state index in [1.807, 2.05) is 18.2 Å². The summed E-state index contributed by atoms with van der Waals surface area (Å²) in [5.74, 6) is -0.190. The third-order valence-corrected chi connectivity index (χ3v) is 3.61. The Labute approximate surface area is 86.5 Å². The molecule has 1 saturated carbocycles. The second kappa shape index (κ2) is 2.51. The lowest BCUT2D eigenvalue weighted by atomic mass is 10.0. The van der Waals surface area contributed by atoms with Crippen molar-refractivity contribution in [1.82, 2.24) is 0 Å². The second-order valence-electron chi connectivity index (χ2n) is 4.10. The number of rotatable bonds is 1. The molecule has 2 aliphatic rings. The Morgan fingerprint density at radius 2 is 2.29 bits per heavy atom. The molecule has 3 atom stereocenters. The van der Waals surface area contributed by atoms with Gasteiger partial charge in [-0.1, -0.05) is 17.7 Å². The minimum atomic E-state index is -0.652. The Hall–Kier alpha value is -1.02. The first-order valence-corrected chi connectivity index (χ1v) is 5.07. The van der Waals surface area contributed by atoms with Gasteiger partial charge in [-0.3, -0.25) is 4.79 Å². The van der Waals surface area contributed by atoms with Crippen LogP contribution in [0.25, 0.3) is 0 Å². The number of hydrogen-bond donors (Lipinski definition) is 1. The van der Waals surface area contributed by atoms with Crippen LogP contribution in [0.5, 0.6) is 0 Å². The second-order valence-corrected chi connectivity index (χ2v) is 4.54. The van der Waals surface area contributed by atoms with Crippen molar-refractivity contribution in [2.75, 3.05) is 0 Å². The predicted octanol–water partition coefficient (Wildman–Crippen LogP) is 2.31. The van der Waals surface area contributed by atoms with Crippen molar-refractivity contribution in [3.05, 3.63) is 34.3 Å². The molecular formula is C11H9ClO2. The van der Waals surface area contributed by atoms with Crippen LogP contribution in [0.3, 0.4) is 0 Å². The highest BCUT2D eigenvalue weighted by molar-refractivity contribution is 6.30. The molecule has 0 saturated heterocycles. The lowest BCUT2D eigenvalue weighted by Gasteiger charge is -2.04. The highest BCUT2D eigenvalue weighted by Gasteiger charge is 2.59. The SMILES string of the molecule is O=C(O)[C@@H]1[C@@H]2Cc3cc(Cl)ccc3[C@@H]21. The molecule has 0 aromatic heterocycles. The maximum absolute atomic E-state index is 10.8. The Balaban J connectivity index is 1.99. The molecule has 0 amide bonds. The summed E-state index contributed by atoms with van der Waals surface area (Å²) in [6.45, 7) is 0. The summed E-state index contributed by atoms with van der Waals surface area (Å²) in [7, 11) is 0. The maximum atomic E-state index is 10.8. The highest BCUT2D eigenvalue weighted by Crippen LogP contribution is 2.61. The highest BCUT2D eigenvalue weighted by atomic mass is 35.5. The zero-order valence-electron chi connectivity index (χ0n) is 7.40. The Morgan fingerprint density at radius 1 is 1.50 bits per heavy atom. The number of hydrogen-bond acceptors (Lipinski definition) is 1. The molecule has 1 fully saturated rings. The van der Waals surface area contributed by atoms with E-state index < -0.39 is 5.97 Å². The number of carboxylic acid groups (broad SMARTS) is 1. The lowest BCUT2D eigenvalue weighted by molar-refractivity contribution is -0.139. The molecule has 0 heterocycles. The van der Waals surface area contributed by atoms with Crippen LogP contribution < -0.4 is 0 Å². The van der Waals surface area contributed by atoms with Gasteiger partial charge in [0.25, 0.3) is 0 Å². The molecule has 14 heavy (non-hydrogen) atoms. The molecule has 1 N–H and O–H groups in total. The molecule has 1 aromatic carbocycles. The monoisotopic (exact) mass is 208 g/mol. The molecule has 3 rings (SSSR count). The molecule has 72 valence electrons. The zero-order chi connectivity index (χ0) is 9.87. The summed E-state index contributed by atoms with van der Waals surface area (Å²) in [6, 6.07) is 5.78. The summed E-state index contributed by atoms with van der Waals surface area (Å²) in [6.07, 6.45) is 0.886. The van der Waals surface area contributed by atoms with Crippen LogP contribution in [-0.2, 0) is 11.2 Å². The molecule has 2 nitrogen and oxygen atoms in total. The third-order valence-electron chi connectivity index (χ3n) is 3.37. The van der Waals surface area contributed by atoms with E-state index >= 15 is 0 Å². The van der Waals surface area contributed by atoms with Crippen LogP contribution >= 0.6 is 11.6 Å². The van der Waals surface area contributed by atoms with Gasteiger partial charge >= 0.3 is 5.97 Å². The molecule has 0 spiro atoms. The van der Waals surface area contributed by atoms with Crippen LogP contribution in [-0.4, -0.2) is 11.1 Å². The van der Waals surface area contributed by atoms with E-state index in [0.717, 1.165) is 11.4 Å². The Morgan fingerprint density at radius 3 is 3.00 bits per heavy atom. The molecule has 1 aromatic rings. The molecule has 2 aliphatic carbocycles. The summed E-state index contributed by atoms with van der Waals surface area (Å²) in [5, 5.41) is 9.66. The molecule has 0 unspecified atom stereocenters. The average Bonchev–Trinajstić information content (AvgIpc) is 2.70. The quantitative estimate of drug-likeness (QED) is 0.769. The third kappa shape index (κ3) is 0.947. The van der Waals surface area contributed by atoms with E-state index in [1.54, 1.807) is 0 Å². The van der Waals surface area contributed by atoms with E-state index in [4.69, 9.17) is 16.7 Å². The number of carboxylic acids is 1. The fraction of sp³-hybridized carbons (Fsp3) is 0.364. The van der Waals surface area contributed by atoms with Crippen LogP contribution in [0, 0.1) is 11.8 Å². The van der Waals surface area contributed by atoms with Gasteiger partial charge in [-0.25, -0.2) is 0 Å². The van der Waals surface area contributed by atoms with Gasteiger partial charge in [0.05, 0.1) is 5.92 Å². The van der Waals surface area contributed by atoms with Gasteiger partial charge in [0.1, 0.15) is 0 Å². The molecule has 0 bridgehead atoms. The van der Waals surface area contributed by atoms with Gasteiger partial charge in [-0.15, -0.1) is 0 Å². The Kier molecular flexibility index (Phi) is 1.49. The number of fused-ring (bicyclic) bond motifs is 3. The fourth-order valence-electron chi connectivity index (χ4n) is 2.72. The summed E-state index contributed by atoms with van der Waals surface area (Å²) in [4.78, 5) is 10.8. The van der Waals surface area contributed by atoms with E-state index in [0.29, 0.717) is 5.92 Å². The van der Waals surface area contributed by atoms with Crippen molar-refractivity contribution in [3.63, 3.8) is 0 Å². The van der Waals surface area contributed by atoms with Crippen LogP contribution in [0.2, 0.25) is 5.02 Å². The minimum absolute atomic E-state index is 0.135. The first kappa shape index (κ1) is 8.30. The largest absolute Gasteiger partial charge is 0.481 e. The average molecular weight is 209 g/mol. The summed E-state index contributed by atoms with van der Waals surface area (Å²) in [5.41, 5.74) is 2.44. The fourth-order valence-corrected chi connectivity index (χ4v) is 2.91. The number of carbonyl (C=O) groups is 1. The van der Waals surface area contributed by atoms with Gasteiger partial charge in [0, 0.05) is 10.9 Å². The smallest absolute Gasteiger partial charge is 0.307 e. The number of aliphatic carboxylic acids is 1. The van der Waals surface area contributed by atoms with Crippen molar-refractivity contribution in [2.24, 2.45) is 11.8 Å².